The van der Waals surface area contributed by atoms with Crippen molar-refractivity contribution in [2.45, 2.75) is 0 Å². The lowest BCUT2D eigenvalue weighted by Gasteiger charge is -1.98. The highest BCUT2D eigenvalue weighted by molar-refractivity contribution is 6.09. The van der Waals surface area contributed by atoms with Crippen molar-refractivity contribution in [1.82, 2.24) is 9.97 Å². The number of hydrogen-bond acceptors (Lipinski definition) is 2. The molecule has 1 N–H and O–H groups in total. The van der Waals surface area contributed by atoms with Crippen LogP contribution < -0.4 is 4.74 Å². The van der Waals surface area contributed by atoms with Crippen molar-refractivity contribution >= 4 is 34.0 Å². The summed E-state index contributed by atoms with van der Waals surface area (Å²) in [5.74, 6) is 0.846. The molecule has 4 rings (SSSR count). The number of nitrogens with one attached hydrogen (secondary N) is 1. The second-order valence-electron chi connectivity index (χ2n) is 5.40. The zero-order valence-electron chi connectivity index (χ0n) is 12.8. The Balaban J connectivity index is 1.85. The number of benzene rings is 2. The van der Waals surface area contributed by atoms with Crippen LogP contribution in [0.15, 0.2) is 60.8 Å². The number of H-pyrrole nitrogens is 1. The molecule has 0 aliphatic rings. The Kier molecular flexibility index (Phi) is 3.31. The van der Waals surface area contributed by atoms with E-state index in [1.807, 2.05) is 48.7 Å². The second-order valence-corrected chi connectivity index (χ2v) is 5.40. The number of rotatable bonds is 3. The van der Waals surface area contributed by atoms with Crippen LogP contribution in [-0.4, -0.2) is 17.1 Å². The summed E-state index contributed by atoms with van der Waals surface area (Å²) in [5, 5.41) is 2.35. The van der Waals surface area contributed by atoms with Gasteiger partial charge >= 0.3 is 0 Å². The van der Waals surface area contributed by atoms with E-state index >= 15 is 0 Å². The van der Waals surface area contributed by atoms with Crippen LogP contribution in [0.5, 0.6) is 5.75 Å². The van der Waals surface area contributed by atoms with Crippen LogP contribution in [0.1, 0.15) is 11.3 Å². The molecule has 0 fully saturated rings. The van der Waals surface area contributed by atoms with E-state index in [2.05, 4.69) is 34.2 Å². The third-order valence-electron chi connectivity index (χ3n) is 3.99. The van der Waals surface area contributed by atoms with Crippen LogP contribution in [0.2, 0.25) is 0 Å². The molecule has 0 aliphatic carbocycles. The number of ether oxygens (including phenoxy) is 1. The predicted molar refractivity (Wildman–Crippen MR) is 95.5 cm³/mol. The molecule has 3 heteroatoms. The summed E-state index contributed by atoms with van der Waals surface area (Å²) in [6.45, 7) is 0. The first-order chi connectivity index (χ1) is 11.3. The molecule has 0 saturated heterocycles. The summed E-state index contributed by atoms with van der Waals surface area (Å²) < 4.78 is 5.30. The van der Waals surface area contributed by atoms with Gasteiger partial charge in [0.2, 0.25) is 0 Å². The lowest BCUT2D eigenvalue weighted by molar-refractivity contribution is 0.415. The Morgan fingerprint density at radius 1 is 0.957 bits per heavy atom. The summed E-state index contributed by atoms with van der Waals surface area (Å²) in [6.07, 6.45) is 5.97. The van der Waals surface area contributed by atoms with Crippen molar-refractivity contribution in [3.05, 3.63) is 72.1 Å². The van der Waals surface area contributed by atoms with Crippen LogP contribution >= 0.6 is 0 Å². The Bertz CT molecular complexity index is 1000. The fourth-order valence-electron chi connectivity index (χ4n) is 2.82. The first kappa shape index (κ1) is 13.6. The number of fused-ring (bicyclic) bond motifs is 3. The molecule has 112 valence electrons. The van der Waals surface area contributed by atoms with E-state index < -0.39 is 0 Å². The summed E-state index contributed by atoms with van der Waals surface area (Å²) in [4.78, 5) is 7.97. The molecule has 2 aromatic carbocycles. The molecule has 0 radical (unpaired) electrons. The molecule has 2 aromatic heterocycles. The van der Waals surface area contributed by atoms with E-state index in [1.54, 1.807) is 7.11 Å². The number of pyridine rings is 1. The minimum absolute atomic E-state index is 0.846. The lowest BCUT2D eigenvalue weighted by atomic mass is 10.1. The number of hydrogen-bond donors (Lipinski definition) is 1. The van der Waals surface area contributed by atoms with Crippen molar-refractivity contribution in [3.63, 3.8) is 0 Å². The van der Waals surface area contributed by atoms with Gasteiger partial charge < -0.3 is 9.72 Å². The Morgan fingerprint density at radius 2 is 1.83 bits per heavy atom. The largest absolute Gasteiger partial charge is 0.497 e. The second kappa shape index (κ2) is 5.61. The molecule has 0 amide bonds. The average Bonchev–Trinajstić information content (AvgIpc) is 2.99. The molecule has 0 spiro atoms. The van der Waals surface area contributed by atoms with E-state index in [-0.39, 0.29) is 0 Å². The van der Waals surface area contributed by atoms with E-state index in [0.29, 0.717) is 0 Å². The van der Waals surface area contributed by atoms with Gasteiger partial charge in [0.25, 0.3) is 0 Å². The molecular formula is C20H16N2O. The van der Waals surface area contributed by atoms with Gasteiger partial charge in [0.05, 0.1) is 23.8 Å². The van der Waals surface area contributed by atoms with E-state index in [4.69, 9.17) is 4.74 Å². The van der Waals surface area contributed by atoms with Crippen molar-refractivity contribution < 1.29 is 4.74 Å². The van der Waals surface area contributed by atoms with Gasteiger partial charge in [0.15, 0.2) is 0 Å². The van der Waals surface area contributed by atoms with Crippen LogP contribution in [0.3, 0.4) is 0 Å². The molecular weight excluding hydrogens is 284 g/mol. The number of nitrogens with zero attached hydrogens (tertiary/aromatic N) is 1. The number of aromatic amines is 1. The summed E-state index contributed by atoms with van der Waals surface area (Å²) in [6, 6.07) is 18.3. The van der Waals surface area contributed by atoms with E-state index in [0.717, 1.165) is 28.0 Å². The molecule has 4 aromatic rings. The van der Waals surface area contributed by atoms with Crippen LogP contribution in [-0.2, 0) is 0 Å². The fourth-order valence-corrected chi connectivity index (χ4v) is 2.82. The highest BCUT2D eigenvalue weighted by atomic mass is 16.5. The Hall–Kier alpha value is -3.07. The summed E-state index contributed by atoms with van der Waals surface area (Å²) >= 11 is 0. The van der Waals surface area contributed by atoms with Gasteiger partial charge in [-0.15, -0.1) is 0 Å². The van der Waals surface area contributed by atoms with Crippen molar-refractivity contribution in [2.24, 2.45) is 0 Å². The van der Waals surface area contributed by atoms with E-state index in [1.165, 1.54) is 10.8 Å². The van der Waals surface area contributed by atoms with Crippen molar-refractivity contribution in [1.29, 1.82) is 0 Å². The third kappa shape index (κ3) is 2.46. The van der Waals surface area contributed by atoms with Gasteiger partial charge in [-0.05, 0) is 29.8 Å². The number of aromatic nitrogens is 2. The first-order valence-electron chi connectivity index (χ1n) is 7.53. The smallest absolute Gasteiger partial charge is 0.120 e. The molecule has 23 heavy (non-hydrogen) atoms. The van der Waals surface area contributed by atoms with Gasteiger partial charge in [-0.1, -0.05) is 36.4 Å². The zero-order valence-corrected chi connectivity index (χ0v) is 12.8. The molecule has 0 aliphatic heterocycles. The Labute approximate surface area is 134 Å². The lowest BCUT2D eigenvalue weighted by Crippen LogP contribution is -1.82. The SMILES string of the molecule is COc1ccc2c(c1)[nH]c1c(C=Cc3ccccc3)nccc12. The normalized spacial score (nSPS) is 11.5. The molecule has 0 saturated carbocycles. The zero-order chi connectivity index (χ0) is 15.6. The highest BCUT2D eigenvalue weighted by Gasteiger charge is 2.08. The third-order valence-corrected chi connectivity index (χ3v) is 3.99. The summed E-state index contributed by atoms with van der Waals surface area (Å²) in [7, 11) is 1.68. The van der Waals surface area contributed by atoms with E-state index in [9.17, 15) is 0 Å². The minimum Gasteiger partial charge on any atom is -0.497 e. The van der Waals surface area contributed by atoms with Crippen LogP contribution in [0.25, 0.3) is 34.0 Å². The quantitative estimate of drug-likeness (QED) is 0.584. The highest BCUT2D eigenvalue weighted by Crippen LogP contribution is 2.29. The van der Waals surface area contributed by atoms with Gasteiger partial charge in [-0.25, -0.2) is 0 Å². The monoisotopic (exact) mass is 300 g/mol. The Morgan fingerprint density at radius 3 is 2.65 bits per heavy atom. The van der Waals surface area contributed by atoms with Gasteiger partial charge in [0.1, 0.15) is 5.75 Å². The van der Waals surface area contributed by atoms with Gasteiger partial charge in [-0.2, -0.15) is 0 Å². The fraction of sp³-hybridized carbons (Fsp3) is 0.0500. The first-order valence-corrected chi connectivity index (χ1v) is 7.53. The topological polar surface area (TPSA) is 37.9 Å². The van der Waals surface area contributed by atoms with Crippen molar-refractivity contribution in [3.8, 4) is 5.75 Å². The maximum Gasteiger partial charge on any atom is 0.120 e. The van der Waals surface area contributed by atoms with Gasteiger partial charge in [0, 0.05) is 23.0 Å². The standard InChI is InChI=1S/C20H16N2O/c1-23-15-8-9-16-17-11-12-21-18(20(17)22-19(16)13-15)10-7-14-5-3-2-4-6-14/h2-13,22H,1H3. The molecule has 0 atom stereocenters. The maximum absolute atomic E-state index is 5.30. The van der Waals surface area contributed by atoms with Crippen LogP contribution in [0.4, 0.5) is 0 Å². The molecule has 0 unspecified atom stereocenters. The maximum atomic E-state index is 5.30. The molecule has 0 bridgehead atoms. The van der Waals surface area contributed by atoms with Crippen LogP contribution in [0, 0.1) is 0 Å². The molecule has 2 heterocycles. The molecule has 3 nitrogen and oxygen atoms in total. The van der Waals surface area contributed by atoms with Crippen molar-refractivity contribution in [2.75, 3.05) is 7.11 Å². The summed E-state index contributed by atoms with van der Waals surface area (Å²) in [5.41, 5.74) is 4.19. The average molecular weight is 300 g/mol. The number of methoxy groups -OCH3 is 1. The predicted octanol–water partition coefficient (Wildman–Crippen LogP) is 4.90. The van der Waals surface area contributed by atoms with Gasteiger partial charge in [-0.3, -0.25) is 4.98 Å². The minimum atomic E-state index is 0.846.